The summed E-state index contributed by atoms with van der Waals surface area (Å²) in [6.45, 7) is 7.00. The van der Waals surface area contributed by atoms with Crippen molar-refractivity contribution in [3.8, 4) is 0 Å². The van der Waals surface area contributed by atoms with E-state index >= 15 is 0 Å². The molecule has 1 N–H and O–H groups in total. The van der Waals surface area contributed by atoms with E-state index in [2.05, 4.69) is 25.3 Å². The van der Waals surface area contributed by atoms with Gasteiger partial charge in [-0.05, 0) is 6.92 Å². The monoisotopic (exact) mass is 359 g/mol. The molecule has 2 saturated heterocycles. The van der Waals surface area contributed by atoms with Crippen LogP contribution in [-0.2, 0) is 16.6 Å². The van der Waals surface area contributed by atoms with Crippen molar-refractivity contribution in [2.24, 2.45) is 7.05 Å². The Balaban J connectivity index is 1.41. The summed E-state index contributed by atoms with van der Waals surface area (Å²) in [6, 6.07) is 0.133. The molecule has 26 heavy (non-hydrogen) atoms. The lowest BCUT2D eigenvalue weighted by Crippen LogP contribution is -2.51. The smallest absolute Gasteiger partial charge is 0.224 e. The first-order valence-corrected chi connectivity index (χ1v) is 9.12. The number of nitrogens with zero attached hydrogens (tertiary/aromatic N) is 6. The Hall–Kier alpha value is -2.26. The second-order valence-corrected chi connectivity index (χ2v) is 6.90. The molecule has 0 aliphatic carbocycles. The van der Waals surface area contributed by atoms with Crippen LogP contribution in [0.2, 0.25) is 0 Å². The van der Waals surface area contributed by atoms with Crippen LogP contribution in [0.1, 0.15) is 12.2 Å². The zero-order chi connectivity index (χ0) is 18.1. The molecule has 2 aromatic heterocycles. The van der Waals surface area contributed by atoms with Crippen molar-refractivity contribution in [3.05, 3.63) is 12.0 Å². The normalized spacial score (nSPS) is 21.4. The fourth-order valence-corrected chi connectivity index (χ4v) is 3.61. The van der Waals surface area contributed by atoms with Crippen LogP contribution in [0.5, 0.6) is 0 Å². The molecule has 2 fully saturated rings. The lowest BCUT2D eigenvalue weighted by molar-refractivity contribution is -0.132. The topological polar surface area (TPSA) is 88.4 Å². The summed E-state index contributed by atoms with van der Waals surface area (Å²) in [5, 5.41) is 8.61. The molecule has 9 nitrogen and oxygen atoms in total. The van der Waals surface area contributed by atoms with E-state index in [9.17, 15) is 4.79 Å². The van der Waals surface area contributed by atoms with Gasteiger partial charge in [-0.2, -0.15) is 5.10 Å². The van der Waals surface area contributed by atoms with Gasteiger partial charge in [0.05, 0.1) is 24.8 Å². The average molecular weight is 359 g/mol. The minimum atomic E-state index is 0.133. The Kier molecular flexibility index (Phi) is 4.73. The maximum absolute atomic E-state index is 12.6. The molecule has 4 rings (SSSR count). The number of fused-ring (bicyclic) bond motifs is 1. The first-order valence-electron chi connectivity index (χ1n) is 9.12. The van der Waals surface area contributed by atoms with Crippen LogP contribution in [0.3, 0.4) is 0 Å². The molecule has 2 aromatic rings. The summed E-state index contributed by atoms with van der Waals surface area (Å²) in [5.41, 5.74) is 0.842. The van der Waals surface area contributed by atoms with E-state index in [1.165, 1.54) is 0 Å². The maximum Gasteiger partial charge on any atom is 0.224 e. The van der Waals surface area contributed by atoms with Gasteiger partial charge in [0.1, 0.15) is 11.6 Å². The van der Waals surface area contributed by atoms with Crippen LogP contribution in [0.25, 0.3) is 11.0 Å². The van der Waals surface area contributed by atoms with Crippen molar-refractivity contribution in [1.29, 1.82) is 0 Å². The summed E-state index contributed by atoms with van der Waals surface area (Å²) in [6.07, 6.45) is 2.32. The summed E-state index contributed by atoms with van der Waals surface area (Å²) < 4.78 is 7.21. The third kappa shape index (κ3) is 3.36. The number of ether oxygens (including phenoxy) is 1. The van der Waals surface area contributed by atoms with E-state index in [1.807, 2.05) is 25.1 Å². The standard InChI is InChI=1S/C17H25N7O2/c1-12-20-16-14(10-19-22(16)2)17(21-12)24-6-4-23(5-7-24)15(25)9-13-11-26-8-3-18-13/h10,13,18H,3-9,11H2,1-2H3. The van der Waals surface area contributed by atoms with Crippen molar-refractivity contribution in [2.45, 2.75) is 19.4 Å². The number of morpholine rings is 1. The number of carbonyl (C=O) groups is 1. The van der Waals surface area contributed by atoms with Gasteiger partial charge in [0.25, 0.3) is 0 Å². The molecule has 2 aliphatic rings. The number of rotatable bonds is 3. The lowest BCUT2D eigenvalue weighted by Gasteiger charge is -2.36. The fourth-order valence-electron chi connectivity index (χ4n) is 3.61. The summed E-state index contributed by atoms with van der Waals surface area (Å²) >= 11 is 0. The Labute approximate surface area is 152 Å². The molecule has 1 atom stereocenters. The quantitative estimate of drug-likeness (QED) is 0.805. The Morgan fingerprint density at radius 3 is 2.85 bits per heavy atom. The molecule has 0 bridgehead atoms. The third-order valence-electron chi connectivity index (χ3n) is 5.04. The number of hydrogen-bond acceptors (Lipinski definition) is 7. The van der Waals surface area contributed by atoms with Crippen LogP contribution in [0, 0.1) is 6.92 Å². The Morgan fingerprint density at radius 2 is 2.12 bits per heavy atom. The minimum absolute atomic E-state index is 0.133. The lowest BCUT2D eigenvalue weighted by atomic mass is 10.1. The number of carbonyl (C=O) groups excluding carboxylic acids is 1. The number of aromatic nitrogens is 4. The molecule has 0 spiro atoms. The Morgan fingerprint density at radius 1 is 1.31 bits per heavy atom. The molecule has 2 aliphatic heterocycles. The number of hydrogen-bond donors (Lipinski definition) is 1. The van der Waals surface area contributed by atoms with E-state index in [0.717, 1.165) is 48.9 Å². The highest BCUT2D eigenvalue weighted by atomic mass is 16.5. The highest BCUT2D eigenvalue weighted by Gasteiger charge is 2.26. The van der Waals surface area contributed by atoms with Crippen LogP contribution < -0.4 is 10.2 Å². The van der Waals surface area contributed by atoms with E-state index in [4.69, 9.17) is 4.74 Å². The van der Waals surface area contributed by atoms with Gasteiger partial charge in [-0.3, -0.25) is 9.48 Å². The van der Waals surface area contributed by atoms with Crippen molar-refractivity contribution in [1.82, 2.24) is 30.0 Å². The van der Waals surface area contributed by atoms with Gasteiger partial charge in [-0.1, -0.05) is 0 Å². The summed E-state index contributed by atoms with van der Waals surface area (Å²) in [5.74, 6) is 1.84. The summed E-state index contributed by atoms with van der Waals surface area (Å²) in [4.78, 5) is 25.8. The minimum Gasteiger partial charge on any atom is -0.378 e. The van der Waals surface area contributed by atoms with Crippen LogP contribution in [0.4, 0.5) is 5.82 Å². The molecule has 140 valence electrons. The number of aryl methyl sites for hydroxylation is 2. The largest absolute Gasteiger partial charge is 0.378 e. The van der Waals surface area contributed by atoms with Crippen LogP contribution in [-0.4, -0.2) is 82.5 Å². The van der Waals surface area contributed by atoms with Crippen LogP contribution >= 0.6 is 0 Å². The van der Waals surface area contributed by atoms with Gasteiger partial charge in [0.15, 0.2) is 5.65 Å². The summed E-state index contributed by atoms with van der Waals surface area (Å²) in [7, 11) is 1.89. The van der Waals surface area contributed by atoms with Gasteiger partial charge < -0.3 is 19.9 Å². The molecule has 1 unspecified atom stereocenters. The molecule has 9 heteroatoms. The van der Waals surface area contributed by atoms with Gasteiger partial charge >= 0.3 is 0 Å². The highest BCUT2D eigenvalue weighted by molar-refractivity contribution is 5.87. The molecule has 0 aromatic carbocycles. The van der Waals surface area contributed by atoms with Gasteiger partial charge in [-0.15, -0.1) is 0 Å². The van der Waals surface area contributed by atoms with E-state index in [1.54, 1.807) is 4.68 Å². The van der Waals surface area contributed by atoms with Crippen LogP contribution in [0.15, 0.2) is 6.20 Å². The predicted molar refractivity (Wildman–Crippen MR) is 97.1 cm³/mol. The SMILES string of the molecule is Cc1nc(N2CCN(C(=O)CC3COCCN3)CC2)c2cnn(C)c2n1. The average Bonchev–Trinajstić information content (AvgIpc) is 3.03. The van der Waals surface area contributed by atoms with Gasteiger partial charge in [0, 0.05) is 52.2 Å². The van der Waals surface area contributed by atoms with Crippen molar-refractivity contribution in [3.63, 3.8) is 0 Å². The number of amides is 1. The zero-order valence-corrected chi connectivity index (χ0v) is 15.3. The Bertz CT molecular complexity index is 792. The second-order valence-electron chi connectivity index (χ2n) is 6.90. The van der Waals surface area contributed by atoms with E-state index in [-0.39, 0.29) is 11.9 Å². The fraction of sp³-hybridized carbons (Fsp3) is 0.647. The van der Waals surface area contributed by atoms with Gasteiger partial charge in [0.2, 0.25) is 5.91 Å². The van der Waals surface area contributed by atoms with Crippen molar-refractivity contribution >= 4 is 22.8 Å². The van der Waals surface area contributed by atoms with E-state index < -0.39 is 0 Å². The molecule has 0 radical (unpaired) electrons. The number of nitrogens with one attached hydrogen (secondary N) is 1. The molecular formula is C17H25N7O2. The third-order valence-corrected chi connectivity index (χ3v) is 5.04. The first kappa shape index (κ1) is 17.2. The molecule has 4 heterocycles. The number of anilines is 1. The predicted octanol–water partition coefficient (Wildman–Crippen LogP) is -0.301. The van der Waals surface area contributed by atoms with Crippen molar-refractivity contribution in [2.75, 3.05) is 50.8 Å². The first-order chi connectivity index (χ1) is 12.6. The zero-order valence-electron chi connectivity index (χ0n) is 15.3. The van der Waals surface area contributed by atoms with E-state index in [0.29, 0.717) is 26.1 Å². The number of piperazine rings is 1. The second kappa shape index (κ2) is 7.16. The van der Waals surface area contributed by atoms with Crippen molar-refractivity contribution < 1.29 is 9.53 Å². The molecule has 0 saturated carbocycles. The maximum atomic E-state index is 12.6. The highest BCUT2D eigenvalue weighted by Crippen LogP contribution is 2.24. The molecule has 1 amide bonds. The molecular weight excluding hydrogens is 334 g/mol. The van der Waals surface area contributed by atoms with Gasteiger partial charge in [-0.25, -0.2) is 9.97 Å².